The highest BCUT2D eigenvalue weighted by atomic mass is 32.1. The molecule has 130 valence electrons. The first-order chi connectivity index (χ1) is 12.5. The Kier molecular flexibility index (Phi) is 3.62. The Morgan fingerprint density at radius 2 is 1.88 bits per heavy atom. The second-order valence-corrected chi connectivity index (χ2v) is 6.22. The van der Waals surface area contributed by atoms with E-state index < -0.39 is 28.9 Å². The van der Waals surface area contributed by atoms with Gasteiger partial charge in [0.05, 0.1) is 4.88 Å². The van der Waals surface area contributed by atoms with E-state index in [9.17, 15) is 18.4 Å². The molecule has 3 aromatic heterocycles. The van der Waals surface area contributed by atoms with E-state index in [1.807, 2.05) is 0 Å². The van der Waals surface area contributed by atoms with Crippen molar-refractivity contribution in [1.29, 1.82) is 0 Å². The molecule has 0 spiro atoms. The number of nitrogens with one attached hydrogen (secondary N) is 1. The van der Waals surface area contributed by atoms with Gasteiger partial charge in [0.2, 0.25) is 0 Å². The van der Waals surface area contributed by atoms with Crippen molar-refractivity contribution in [2.45, 2.75) is 0 Å². The zero-order valence-electron chi connectivity index (χ0n) is 12.9. The third-order valence-electron chi connectivity index (χ3n) is 3.67. The number of halogens is 2. The Morgan fingerprint density at radius 1 is 1.15 bits per heavy atom. The summed E-state index contributed by atoms with van der Waals surface area (Å²) in [5.41, 5.74) is 3.40. The number of carbonyl (C=O) groups is 1. The summed E-state index contributed by atoms with van der Waals surface area (Å²) in [6.45, 7) is 0. The molecule has 3 N–H and O–H groups in total. The third-order valence-corrected chi connectivity index (χ3v) is 4.54. The summed E-state index contributed by atoms with van der Waals surface area (Å²) in [5.74, 6) is -2.70. The number of thiophene rings is 1. The molecular formula is C16H9F2N5O2S. The molecule has 0 radical (unpaired) electrons. The SMILES string of the molecule is NC(=O)c1nc(-c2cccs2)nc2c1[nH]c(=O)n2-c1c(F)cccc1F. The number of H-pyrrole nitrogens is 1. The van der Waals surface area contributed by atoms with Gasteiger partial charge in [0, 0.05) is 0 Å². The minimum absolute atomic E-state index is 0.0922. The topological polar surface area (TPSA) is 107 Å². The lowest BCUT2D eigenvalue weighted by atomic mass is 10.2. The second kappa shape index (κ2) is 5.85. The number of rotatable bonds is 3. The van der Waals surface area contributed by atoms with Gasteiger partial charge < -0.3 is 10.7 Å². The van der Waals surface area contributed by atoms with E-state index in [1.165, 1.54) is 17.4 Å². The molecule has 0 aliphatic carbocycles. The van der Waals surface area contributed by atoms with Crippen LogP contribution in [-0.2, 0) is 0 Å². The fourth-order valence-electron chi connectivity index (χ4n) is 2.59. The van der Waals surface area contributed by atoms with Gasteiger partial charge in [0.15, 0.2) is 17.2 Å². The zero-order chi connectivity index (χ0) is 18.4. The molecule has 0 aliphatic heterocycles. The number of hydrogen-bond donors (Lipinski definition) is 2. The number of fused-ring (bicyclic) bond motifs is 1. The molecule has 26 heavy (non-hydrogen) atoms. The molecule has 0 saturated heterocycles. The number of benzene rings is 1. The fourth-order valence-corrected chi connectivity index (χ4v) is 3.25. The van der Waals surface area contributed by atoms with Gasteiger partial charge in [-0.3, -0.25) is 4.79 Å². The summed E-state index contributed by atoms with van der Waals surface area (Å²) in [6.07, 6.45) is 0. The first-order valence-electron chi connectivity index (χ1n) is 7.28. The van der Waals surface area contributed by atoms with Crippen molar-refractivity contribution in [3.8, 4) is 16.4 Å². The number of aromatic amines is 1. The number of nitrogens with two attached hydrogens (primary N) is 1. The summed E-state index contributed by atoms with van der Waals surface area (Å²) in [6, 6.07) is 6.66. The Balaban J connectivity index is 2.14. The number of amides is 1. The van der Waals surface area contributed by atoms with Crippen LogP contribution in [0.5, 0.6) is 0 Å². The first kappa shape index (κ1) is 16.1. The molecule has 1 amide bonds. The molecular weight excluding hydrogens is 364 g/mol. The van der Waals surface area contributed by atoms with Crippen molar-refractivity contribution < 1.29 is 13.6 Å². The maximum atomic E-state index is 14.2. The average Bonchev–Trinajstić information content (AvgIpc) is 3.22. The predicted molar refractivity (Wildman–Crippen MR) is 91.2 cm³/mol. The van der Waals surface area contributed by atoms with Crippen LogP contribution >= 0.6 is 11.3 Å². The lowest BCUT2D eigenvalue weighted by molar-refractivity contribution is 0.0997. The Morgan fingerprint density at radius 3 is 2.50 bits per heavy atom. The number of nitrogens with zero attached hydrogens (tertiary/aromatic N) is 3. The van der Waals surface area contributed by atoms with E-state index in [0.29, 0.717) is 4.88 Å². The number of hydrogen-bond acceptors (Lipinski definition) is 5. The molecule has 4 rings (SSSR count). The largest absolute Gasteiger partial charge is 0.364 e. The quantitative estimate of drug-likeness (QED) is 0.574. The standard InChI is InChI=1S/C16H9F2N5O2S/c17-7-3-1-4-8(18)12(7)23-15-11(21-16(23)25)10(13(19)24)20-14(22-15)9-5-2-6-26-9/h1-6H,(H2,19,24)(H,21,25). The second-order valence-electron chi connectivity index (χ2n) is 5.27. The Labute approximate surface area is 147 Å². The molecule has 0 unspecified atom stereocenters. The van der Waals surface area contributed by atoms with Crippen molar-refractivity contribution in [3.05, 3.63) is 63.5 Å². The number of para-hydroxylation sites is 1. The minimum atomic E-state index is -0.954. The molecule has 0 saturated carbocycles. The van der Waals surface area contributed by atoms with Gasteiger partial charge in [0.25, 0.3) is 5.91 Å². The van der Waals surface area contributed by atoms with Gasteiger partial charge in [-0.2, -0.15) is 0 Å². The van der Waals surface area contributed by atoms with E-state index in [4.69, 9.17) is 5.73 Å². The van der Waals surface area contributed by atoms with Gasteiger partial charge in [-0.1, -0.05) is 12.1 Å². The number of imidazole rings is 1. The maximum absolute atomic E-state index is 14.2. The van der Waals surface area contributed by atoms with E-state index in [1.54, 1.807) is 17.5 Å². The van der Waals surface area contributed by atoms with Crippen molar-refractivity contribution in [2.75, 3.05) is 0 Å². The lowest BCUT2D eigenvalue weighted by Gasteiger charge is -2.07. The monoisotopic (exact) mass is 373 g/mol. The maximum Gasteiger partial charge on any atom is 0.332 e. The lowest BCUT2D eigenvalue weighted by Crippen LogP contribution is -2.17. The van der Waals surface area contributed by atoms with Crippen LogP contribution in [0.1, 0.15) is 10.5 Å². The van der Waals surface area contributed by atoms with Crippen LogP contribution in [0.2, 0.25) is 0 Å². The molecule has 10 heteroatoms. The summed E-state index contributed by atoms with van der Waals surface area (Å²) in [5, 5.41) is 1.77. The Bertz CT molecular complexity index is 1190. The van der Waals surface area contributed by atoms with Crippen LogP contribution in [0.4, 0.5) is 8.78 Å². The third kappa shape index (κ3) is 2.39. The molecule has 0 bridgehead atoms. The first-order valence-corrected chi connectivity index (χ1v) is 8.16. The van der Waals surface area contributed by atoms with Crippen molar-refractivity contribution in [1.82, 2.24) is 19.5 Å². The fraction of sp³-hybridized carbons (Fsp3) is 0. The summed E-state index contributed by atoms with van der Waals surface area (Å²) >= 11 is 1.30. The number of carbonyl (C=O) groups excluding carboxylic acids is 1. The average molecular weight is 373 g/mol. The predicted octanol–water partition coefficient (Wildman–Crippen LogP) is 2.21. The van der Waals surface area contributed by atoms with Crippen LogP contribution in [-0.4, -0.2) is 25.4 Å². The molecule has 0 aliphatic rings. The molecule has 3 heterocycles. The normalized spacial score (nSPS) is 11.2. The molecule has 0 fully saturated rings. The highest BCUT2D eigenvalue weighted by Crippen LogP contribution is 2.26. The number of primary amides is 1. The van der Waals surface area contributed by atoms with Gasteiger partial charge >= 0.3 is 5.69 Å². The van der Waals surface area contributed by atoms with Crippen molar-refractivity contribution in [3.63, 3.8) is 0 Å². The van der Waals surface area contributed by atoms with Gasteiger partial charge in [0.1, 0.15) is 22.8 Å². The zero-order valence-corrected chi connectivity index (χ0v) is 13.7. The highest BCUT2D eigenvalue weighted by molar-refractivity contribution is 7.13. The molecule has 1 aromatic carbocycles. The molecule has 0 atom stereocenters. The van der Waals surface area contributed by atoms with E-state index in [2.05, 4.69) is 15.0 Å². The van der Waals surface area contributed by atoms with Crippen LogP contribution in [0, 0.1) is 11.6 Å². The van der Waals surface area contributed by atoms with Crippen LogP contribution in [0.3, 0.4) is 0 Å². The van der Waals surface area contributed by atoms with Gasteiger partial charge in [-0.05, 0) is 23.6 Å². The minimum Gasteiger partial charge on any atom is -0.364 e. The van der Waals surface area contributed by atoms with E-state index >= 15 is 0 Å². The summed E-state index contributed by atoms with van der Waals surface area (Å²) in [4.78, 5) is 35.4. The van der Waals surface area contributed by atoms with Crippen molar-refractivity contribution >= 4 is 28.4 Å². The van der Waals surface area contributed by atoms with Crippen LogP contribution in [0.25, 0.3) is 27.6 Å². The molecule has 4 aromatic rings. The smallest absolute Gasteiger partial charge is 0.332 e. The van der Waals surface area contributed by atoms with Gasteiger partial charge in [-0.25, -0.2) is 28.1 Å². The molecule has 7 nitrogen and oxygen atoms in total. The number of aromatic nitrogens is 4. The summed E-state index contributed by atoms with van der Waals surface area (Å²) in [7, 11) is 0. The van der Waals surface area contributed by atoms with Crippen molar-refractivity contribution in [2.24, 2.45) is 5.73 Å². The summed E-state index contributed by atoms with van der Waals surface area (Å²) < 4.78 is 29.1. The van der Waals surface area contributed by atoms with E-state index in [-0.39, 0.29) is 22.7 Å². The van der Waals surface area contributed by atoms with Crippen LogP contribution in [0.15, 0.2) is 40.5 Å². The Hall–Kier alpha value is -3.40. The van der Waals surface area contributed by atoms with Gasteiger partial charge in [-0.15, -0.1) is 11.3 Å². The highest BCUT2D eigenvalue weighted by Gasteiger charge is 2.23. The van der Waals surface area contributed by atoms with E-state index in [0.717, 1.165) is 16.7 Å². The van der Waals surface area contributed by atoms with Crippen LogP contribution < -0.4 is 11.4 Å².